The lowest BCUT2D eigenvalue weighted by atomic mass is 9.89. The maximum Gasteiger partial charge on any atom is 0.404 e. The van der Waals surface area contributed by atoms with Crippen LogP contribution in [0.1, 0.15) is 18.4 Å². The molecule has 1 aromatic carbocycles. The molecule has 0 spiro atoms. The second kappa shape index (κ2) is 5.20. The first-order chi connectivity index (χ1) is 8.58. The van der Waals surface area contributed by atoms with Crippen molar-refractivity contribution in [2.45, 2.75) is 31.7 Å². The number of benzene rings is 1. The van der Waals surface area contributed by atoms with Crippen LogP contribution in [-0.2, 0) is 6.67 Å². The van der Waals surface area contributed by atoms with Crippen molar-refractivity contribution in [1.29, 1.82) is 0 Å². The van der Waals surface area contributed by atoms with Crippen LogP contribution in [0.4, 0.5) is 13.6 Å². The Morgan fingerprint density at radius 3 is 2.83 bits per heavy atom. The summed E-state index contributed by atoms with van der Waals surface area (Å²) in [5.74, 6) is -0.188. The third kappa shape index (κ3) is 2.88. The minimum Gasteiger partial charge on any atom is -0.490 e. The Kier molecular flexibility index (Phi) is 3.64. The molecule has 0 unspecified atom stereocenters. The number of rotatable bonds is 4. The Hall–Kier alpha value is -1.85. The van der Waals surface area contributed by atoms with E-state index in [2.05, 4.69) is 5.32 Å². The highest BCUT2D eigenvalue weighted by Gasteiger charge is 2.32. The first-order valence-corrected chi connectivity index (χ1v) is 5.59. The van der Waals surface area contributed by atoms with E-state index in [4.69, 9.17) is 9.84 Å². The van der Waals surface area contributed by atoms with E-state index in [0.29, 0.717) is 18.6 Å². The molecular weight excluding hydrogens is 244 g/mol. The van der Waals surface area contributed by atoms with Crippen molar-refractivity contribution in [1.82, 2.24) is 5.32 Å². The summed E-state index contributed by atoms with van der Waals surface area (Å²) in [7, 11) is 0. The molecule has 0 heterocycles. The molecule has 1 fully saturated rings. The van der Waals surface area contributed by atoms with E-state index in [0.717, 1.165) is 6.07 Å². The smallest absolute Gasteiger partial charge is 0.404 e. The van der Waals surface area contributed by atoms with E-state index in [1.165, 1.54) is 12.1 Å². The van der Waals surface area contributed by atoms with Crippen molar-refractivity contribution < 1.29 is 23.4 Å². The predicted molar refractivity (Wildman–Crippen MR) is 59.8 cm³/mol. The fourth-order valence-corrected chi connectivity index (χ4v) is 1.87. The Morgan fingerprint density at radius 1 is 1.50 bits per heavy atom. The summed E-state index contributed by atoms with van der Waals surface area (Å²) < 4.78 is 31.0. The van der Waals surface area contributed by atoms with E-state index in [1.807, 2.05) is 0 Å². The van der Waals surface area contributed by atoms with E-state index in [-0.39, 0.29) is 17.7 Å². The van der Waals surface area contributed by atoms with Crippen LogP contribution in [-0.4, -0.2) is 23.3 Å². The van der Waals surface area contributed by atoms with Crippen molar-refractivity contribution in [3.8, 4) is 5.75 Å². The topological polar surface area (TPSA) is 58.6 Å². The molecule has 6 heteroatoms. The maximum absolute atomic E-state index is 13.0. The lowest BCUT2D eigenvalue weighted by Gasteiger charge is -2.35. The minimum atomic E-state index is -1.06. The van der Waals surface area contributed by atoms with E-state index >= 15 is 0 Å². The molecule has 2 N–H and O–H groups in total. The first kappa shape index (κ1) is 12.6. The number of nitrogens with one attached hydrogen (secondary N) is 1. The van der Waals surface area contributed by atoms with Gasteiger partial charge < -0.3 is 15.2 Å². The average molecular weight is 257 g/mol. The van der Waals surface area contributed by atoms with Gasteiger partial charge in [0.2, 0.25) is 0 Å². The highest BCUT2D eigenvalue weighted by atomic mass is 19.1. The van der Waals surface area contributed by atoms with Gasteiger partial charge in [0, 0.05) is 24.4 Å². The van der Waals surface area contributed by atoms with E-state index < -0.39 is 18.6 Å². The zero-order valence-corrected chi connectivity index (χ0v) is 9.53. The minimum absolute atomic E-state index is 0.0352. The van der Waals surface area contributed by atoms with Crippen LogP contribution in [0.5, 0.6) is 5.75 Å². The van der Waals surface area contributed by atoms with Crippen LogP contribution in [0.15, 0.2) is 18.2 Å². The molecule has 1 amide bonds. The standard InChI is InChI=1S/C12H13F2NO3/c13-6-7-3-9(1-2-11(7)14)18-10-4-8(5-10)15-12(16)17/h1-3,8,10,15H,4-6H2,(H,16,17). The second-order valence-corrected chi connectivity index (χ2v) is 4.24. The first-order valence-electron chi connectivity index (χ1n) is 5.59. The predicted octanol–water partition coefficient (Wildman–Crippen LogP) is 2.47. The molecule has 4 nitrogen and oxygen atoms in total. The normalized spacial score (nSPS) is 22.1. The molecule has 0 atom stereocenters. The summed E-state index contributed by atoms with van der Waals surface area (Å²) in [5, 5.41) is 10.8. The van der Waals surface area contributed by atoms with Gasteiger partial charge in [0.15, 0.2) is 0 Å². The number of halogens is 2. The number of ether oxygens (including phenoxy) is 1. The summed E-state index contributed by atoms with van der Waals surface area (Å²) in [5.41, 5.74) is -0.0352. The molecule has 18 heavy (non-hydrogen) atoms. The van der Waals surface area contributed by atoms with E-state index in [1.54, 1.807) is 0 Å². The molecular formula is C12H13F2NO3. The molecule has 0 radical (unpaired) electrons. The van der Waals surface area contributed by atoms with Gasteiger partial charge in [-0.05, 0) is 18.2 Å². The highest BCUT2D eigenvalue weighted by Crippen LogP contribution is 2.27. The van der Waals surface area contributed by atoms with Crippen molar-refractivity contribution in [3.05, 3.63) is 29.6 Å². The van der Waals surface area contributed by atoms with Gasteiger partial charge in [-0.1, -0.05) is 0 Å². The van der Waals surface area contributed by atoms with E-state index in [9.17, 15) is 13.6 Å². The zero-order valence-electron chi connectivity index (χ0n) is 9.53. The Labute approximate surface area is 103 Å². The molecule has 0 saturated heterocycles. The monoisotopic (exact) mass is 257 g/mol. The van der Waals surface area contributed by atoms with Crippen LogP contribution in [0.3, 0.4) is 0 Å². The lowest BCUT2D eigenvalue weighted by molar-refractivity contribution is 0.0831. The number of alkyl halides is 1. The number of carboxylic acid groups (broad SMARTS) is 1. The average Bonchev–Trinajstić information content (AvgIpc) is 2.28. The third-order valence-electron chi connectivity index (χ3n) is 2.89. The molecule has 98 valence electrons. The quantitative estimate of drug-likeness (QED) is 0.871. The molecule has 0 aromatic heterocycles. The summed E-state index contributed by atoms with van der Waals surface area (Å²) >= 11 is 0. The fourth-order valence-electron chi connectivity index (χ4n) is 1.87. The summed E-state index contributed by atoms with van der Waals surface area (Å²) in [6, 6.07) is 3.82. The highest BCUT2D eigenvalue weighted by molar-refractivity contribution is 5.65. The van der Waals surface area contributed by atoms with Gasteiger partial charge in [0.1, 0.15) is 24.3 Å². The SMILES string of the molecule is O=C(O)NC1CC(Oc2ccc(F)c(CF)c2)C1. The molecule has 1 aromatic rings. The van der Waals surface area contributed by atoms with Gasteiger partial charge in [-0.3, -0.25) is 0 Å². The van der Waals surface area contributed by atoms with Crippen LogP contribution in [0.2, 0.25) is 0 Å². The number of hydrogen-bond donors (Lipinski definition) is 2. The molecule has 1 saturated carbocycles. The maximum atomic E-state index is 13.0. The molecule has 0 aliphatic heterocycles. The van der Waals surface area contributed by atoms with Gasteiger partial charge in [0.05, 0.1) is 0 Å². The van der Waals surface area contributed by atoms with Gasteiger partial charge in [0.25, 0.3) is 0 Å². The third-order valence-corrected chi connectivity index (χ3v) is 2.89. The van der Waals surface area contributed by atoms with Crippen molar-refractivity contribution in [3.63, 3.8) is 0 Å². The summed E-state index contributed by atoms with van der Waals surface area (Å²) in [6.45, 7) is -0.878. The Bertz CT molecular complexity index is 447. The van der Waals surface area contributed by atoms with Crippen molar-refractivity contribution >= 4 is 6.09 Å². The number of hydrogen-bond acceptors (Lipinski definition) is 2. The van der Waals surface area contributed by atoms with Crippen molar-refractivity contribution in [2.24, 2.45) is 0 Å². The summed E-state index contributed by atoms with van der Waals surface area (Å²) in [4.78, 5) is 10.4. The van der Waals surface area contributed by atoms with Crippen LogP contribution in [0.25, 0.3) is 0 Å². The van der Waals surface area contributed by atoms with Gasteiger partial charge in [-0.15, -0.1) is 0 Å². The second-order valence-electron chi connectivity index (χ2n) is 4.24. The van der Waals surface area contributed by atoms with Gasteiger partial charge in [-0.25, -0.2) is 13.6 Å². The van der Waals surface area contributed by atoms with Crippen LogP contribution < -0.4 is 10.1 Å². The Morgan fingerprint density at radius 2 is 2.22 bits per heavy atom. The van der Waals surface area contributed by atoms with Crippen LogP contribution >= 0.6 is 0 Å². The lowest BCUT2D eigenvalue weighted by Crippen LogP contribution is -2.48. The zero-order chi connectivity index (χ0) is 13.1. The largest absolute Gasteiger partial charge is 0.490 e. The fraction of sp³-hybridized carbons (Fsp3) is 0.417. The molecule has 2 rings (SSSR count). The van der Waals surface area contributed by atoms with Crippen molar-refractivity contribution in [2.75, 3.05) is 0 Å². The van der Waals surface area contributed by atoms with Gasteiger partial charge in [-0.2, -0.15) is 0 Å². The number of carbonyl (C=O) groups is 1. The molecule has 0 bridgehead atoms. The number of amides is 1. The molecule has 1 aliphatic carbocycles. The Balaban J connectivity index is 1.86. The molecule has 1 aliphatic rings. The van der Waals surface area contributed by atoms with Crippen LogP contribution in [0, 0.1) is 5.82 Å². The van der Waals surface area contributed by atoms with Gasteiger partial charge >= 0.3 is 6.09 Å². The summed E-state index contributed by atoms with van der Waals surface area (Å²) in [6.07, 6.45) is -0.0387.